The van der Waals surface area contributed by atoms with Gasteiger partial charge in [-0.15, -0.1) is 0 Å². The number of carboxylic acid groups (broad SMARTS) is 1. The second-order valence-corrected chi connectivity index (χ2v) is 11.1. The van der Waals surface area contributed by atoms with E-state index in [4.69, 9.17) is 5.73 Å². The van der Waals surface area contributed by atoms with Crippen molar-refractivity contribution < 1.29 is 67.3 Å². The van der Waals surface area contributed by atoms with Crippen molar-refractivity contribution in [1.82, 2.24) is 19.8 Å². The Hall–Kier alpha value is -3.76. The predicted molar refractivity (Wildman–Crippen MR) is 147 cm³/mol. The molecule has 2 amide bonds. The Bertz CT molecular complexity index is 1850. The van der Waals surface area contributed by atoms with Crippen LogP contribution < -0.4 is 56.0 Å². The fourth-order valence-corrected chi connectivity index (χ4v) is 6.38. The molecule has 3 aliphatic rings. The quantitative estimate of drug-likeness (QED) is 0.178. The van der Waals surface area contributed by atoms with Crippen molar-refractivity contribution in [3.8, 4) is 5.69 Å². The van der Waals surface area contributed by atoms with Gasteiger partial charge < -0.3 is 35.9 Å². The molecule has 2 fully saturated rings. The van der Waals surface area contributed by atoms with Crippen LogP contribution in [0.15, 0.2) is 46.5 Å². The molecule has 6 rings (SSSR count). The zero-order valence-corrected chi connectivity index (χ0v) is 26.2. The Labute approximate surface area is 275 Å². The molecule has 0 aliphatic carbocycles. The van der Waals surface area contributed by atoms with Crippen LogP contribution in [0.5, 0.6) is 0 Å². The molecule has 5 heterocycles. The van der Waals surface area contributed by atoms with E-state index in [0.717, 1.165) is 33.9 Å². The predicted octanol–water partition coefficient (Wildman–Crippen LogP) is -3.31. The number of halogens is 3. The maximum absolute atomic E-state index is 15.3. The fraction of sp³-hybridized carbons (Fsp3) is 0.345. The van der Waals surface area contributed by atoms with E-state index in [2.05, 4.69) is 10.3 Å². The number of amides is 2. The van der Waals surface area contributed by atoms with Crippen molar-refractivity contribution in [2.75, 3.05) is 24.5 Å². The number of anilines is 1. The summed E-state index contributed by atoms with van der Waals surface area (Å²) in [4.78, 5) is 58.9. The van der Waals surface area contributed by atoms with Crippen LogP contribution in [0.4, 0.5) is 19.0 Å². The summed E-state index contributed by atoms with van der Waals surface area (Å²) in [6, 6.07) is 2.52. The minimum absolute atomic E-state index is 0. The number of aliphatic hydroxyl groups is 1. The molecule has 0 radical (unpaired) electrons. The van der Waals surface area contributed by atoms with E-state index in [1.807, 2.05) is 0 Å². The summed E-state index contributed by atoms with van der Waals surface area (Å²) >= 11 is 0. The van der Waals surface area contributed by atoms with Gasteiger partial charge in [0.1, 0.15) is 34.5 Å². The van der Waals surface area contributed by atoms with Gasteiger partial charge in [-0.05, 0) is 43.5 Å². The second kappa shape index (κ2) is 12.2. The van der Waals surface area contributed by atoms with Gasteiger partial charge in [-0.2, -0.15) is 0 Å². The topological polar surface area (TPSA) is 174 Å². The Balaban J connectivity index is 0.00000400. The Morgan fingerprint density at radius 2 is 1.93 bits per heavy atom. The third kappa shape index (κ3) is 5.42. The Morgan fingerprint density at radius 3 is 2.56 bits per heavy atom. The maximum atomic E-state index is 15.3. The standard InChI is InChI=1S/C29H27F3N6O6.Na/c1-12(39)21-20-6-13(23(29(43)44)37(20)28(21)42)9-35-26(41)22-24(40)17-7-15(31)10-34-25(17)38(19-3-2-14(30)8-18(19)32)27(22)36-5-4-16(33)11-36;/h2-3,7-8,10,12,16,20-21,39H,4-6,9,11,33H2,1H3,(H,35,41)(H,43,44);/q;+1/p-1/t12-,16?,20-,21+;/m1./s1. The van der Waals surface area contributed by atoms with Gasteiger partial charge in [0.15, 0.2) is 0 Å². The van der Waals surface area contributed by atoms with E-state index >= 15 is 4.39 Å². The summed E-state index contributed by atoms with van der Waals surface area (Å²) < 4.78 is 44.7. The van der Waals surface area contributed by atoms with E-state index < -0.39 is 76.5 Å². The molecule has 3 aromatic rings. The number of pyridine rings is 2. The number of rotatable bonds is 7. The molecule has 4 atom stereocenters. The number of aliphatic carboxylic acids is 1. The largest absolute Gasteiger partial charge is 1.00 e. The van der Waals surface area contributed by atoms with Gasteiger partial charge in [-0.25, -0.2) is 18.2 Å². The summed E-state index contributed by atoms with van der Waals surface area (Å²) in [6.07, 6.45) is 0.259. The summed E-state index contributed by atoms with van der Waals surface area (Å²) in [5, 5.41) is 24.1. The number of nitrogens with zero attached hydrogens (tertiary/aromatic N) is 4. The number of β-lactam (4-membered cyclic amide) rings is 1. The molecule has 1 aromatic carbocycles. The van der Waals surface area contributed by atoms with Crippen molar-refractivity contribution in [3.63, 3.8) is 0 Å². The number of aliphatic hydroxyl groups excluding tert-OH is 1. The summed E-state index contributed by atoms with van der Waals surface area (Å²) in [6.45, 7) is 1.39. The number of hydrogen-bond donors (Lipinski definition) is 3. The van der Waals surface area contributed by atoms with Gasteiger partial charge in [-0.1, -0.05) is 0 Å². The van der Waals surface area contributed by atoms with Crippen LogP contribution in [0.3, 0.4) is 0 Å². The van der Waals surface area contributed by atoms with Crippen molar-refractivity contribution in [3.05, 3.63) is 75.0 Å². The van der Waals surface area contributed by atoms with Gasteiger partial charge in [-0.3, -0.25) is 19.0 Å². The summed E-state index contributed by atoms with van der Waals surface area (Å²) in [5.41, 5.74) is 3.88. The summed E-state index contributed by atoms with van der Waals surface area (Å²) in [7, 11) is 0. The average Bonchev–Trinajstić information content (AvgIpc) is 3.53. The molecular weight excluding hydrogens is 608 g/mol. The normalized spacial score (nSPS) is 21.5. The van der Waals surface area contributed by atoms with Crippen LogP contribution in [0, 0.1) is 23.4 Å². The van der Waals surface area contributed by atoms with Crippen LogP contribution in [0.25, 0.3) is 16.7 Å². The van der Waals surface area contributed by atoms with Crippen LogP contribution >= 0.6 is 0 Å². The zero-order chi connectivity index (χ0) is 31.6. The average molecular weight is 635 g/mol. The van der Waals surface area contributed by atoms with E-state index in [1.165, 1.54) is 6.92 Å². The number of fused-ring (bicyclic) bond motifs is 2. The van der Waals surface area contributed by atoms with Gasteiger partial charge >= 0.3 is 29.6 Å². The molecule has 0 saturated carbocycles. The van der Waals surface area contributed by atoms with E-state index in [9.17, 15) is 38.2 Å². The number of carbonyl (C=O) groups excluding carboxylic acids is 3. The number of carbonyl (C=O) groups is 3. The molecular formula is C29H26F3N6NaO6. The molecule has 230 valence electrons. The minimum Gasteiger partial charge on any atom is -0.543 e. The molecule has 2 saturated heterocycles. The fourth-order valence-electron chi connectivity index (χ4n) is 6.38. The first-order chi connectivity index (χ1) is 20.9. The van der Waals surface area contributed by atoms with Gasteiger partial charge in [0.2, 0.25) is 11.3 Å². The van der Waals surface area contributed by atoms with Crippen molar-refractivity contribution in [2.45, 2.75) is 38.0 Å². The Morgan fingerprint density at radius 1 is 1.20 bits per heavy atom. The van der Waals surface area contributed by atoms with Crippen molar-refractivity contribution in [2.24, 2.45) is 11.7 Å². The molecule has 12 nitrogen and oxygen atoms in total. The SMILES string of the molecule is C[C@@H](O)[C@@H]1C(=O)N2C(C(=O)[O-])=C(CNC(=O)c3c(N4CCC(N)C4)n(-c4ccc(F)cc4F)c4ncc(F)cc4c3=O)C[C@H]12.[Na+]. The number of nitrogens with two attached hydrogens (primary N) is 1. The van der Waals surface area contributed by atoms with Crippen molar-refractivity contribution in [1.29, 1.82) is 0 Å². The van der Waals surface area contributed by atoms with Crippen LogP contribution in [-0.4, -0.2) is 75.2 Å². The van der Waals surface area contributed by atoms with Crippen molar-refractivity contribution >= 4 is 34.6 Å². The van der Waals surface area contributed by atoms with Gasteiger partial charge in [0.25, 0.3) is 5.91 Å². The molecule has 2 aromatic heterocycles. The molecule has 0 spiro atoms. The number of aromatic nitrogens is 2. The van der Waals surface area contributed by atoms with E-state index in [0.29, 0.717) is 12.5 Å². The smallest absolute Gasteiger partial charge is 0.543 e. The van der Waals surface area contributed by atoms with Gasteiger partial charge in [0.05, 0.1) is 47.0 Å². The first-order valence-electron chi connectivity index (χ1n) is 13.8. The number of hydrogen-bond acceptors (Lipinski definition) is 9. The number of nitrogens with one attached hydrogen (secondary N) is 1. The first-order valence-corrected chi connectivity index (χ1v) is 13.8. The number of carboxylic acids is 1. The Kier molecular flexibility index (Phi) is 8.85. The summed E-state index contributed by atoms with van der Waals surface area (Å²) in [5.74, 6) is -7.03. The zero-order valence-electron chi connectivity index (χ0n) is 24.2. The van der Waals surface area contributed by atoms with Crippen LogP contribution in [0.2, 0.25) is 0 Å². The minimum atomic E-state index is -1.65. The van der Waals surface area contributed by atoms with Crippen LogP contribution in [-0.2, 0) is 9.59 Å². The maximum Gasteiger partial charge on any atom is 1.00 e. The molecule has 4 N–H and O–H groups in total. The molecule has 16 heteroatoms. The first kappa shape index (κ1) is 32.6. The third-order valence-corrected chi connectivity index (χ3v) is 8.33. The van der Waals surface area contributed by atoms with E-state index in [-0.39, 0.29) is 83.2 Å². The van der Waals surface area contributed by atoms with Crippen LogP contribution in [0.1, 0.15) is 30.1 Å². The van der Waals surface area contributed by atoms with E-state index in [1.54, 1.807) is 4.90 Å². The second-order valence-electron chi connectivity index (χ2n) is 11.1. The molecule has 3 aliphatic heterocycles. The molecule has 1 unspecified atom stereocenters. The monoisotopic (exact) mass is 634 g/mol. The number of benzene rings is 1. The molecule has 0 bridgehead atoms. The molecule has 45 heavy (non-hydrogen) atoms. The van der Waals surface area contributed by atoms with Gasteiger partial charge in [0, 0.05) is 31.7 Å². The third-order valence-electron chi connectivity index (χ3n) is 8.33.